The number of rotatable bonds is 4. The topological polar surface area (TPSA) is 37.8 Å². The second-order valence-electron chi connectivity index (χ2n) is 6.10. The minimum Gasteiger partial charge on any atom is -0.495 e. The predicted octanol–water partition coefficient (Wildman–Crippen LogP) is 4.29. The summed E-state index contributed by atoms with van der Waals surface area (Å²) in [7, 11) is 3.36. The lowest BCUT2D eigenvalue weighted by molar-refractivity contribution is 0.410. The zero-order valence-electron chi connectivity index (χ0n) is 14.7. The normalized spacial score (nSPS) is 14.7. The third kappa shape index (κ3) is 3.15. The minimum absolute atomic E-state index is 0.773. The first-order valence-electron chi connectivity index (χ1n) is 8.46. The molecule has 1 aliphatic rings. The van der Waals surface area contributed by atoms with E-state index in [0.717, 1.165) is 58.0 Å². The summed E-state index contributed by atoms with van der Waals surface area (Å²) >= 11 is 7.78. The lowest BCUT2D eigenvalue weighted by Crippen LogP contribution is -2.46. The number of methoxy groups -OCH3 is 2. The zero-order valence-corrected chi connectivity index (χ0v) is 16.3. The number of piperazine rings is 1. The van der Waals surface area contributed by atoms with Gasteiger partial charge in [-0.15, -0.1) is 0 Å². The average molecular weight is 390 g/mol. The van der Waals surface area contributed by atoms with E-state index in [0.29, 0.717) is 0 Å². The number of halogens is 1. The Morgan fingerprint density at radius 3 is 2.35 bits per heavy atom. The van der Waals surface area contributed by atoms with Crippen molar-refractivity contribution in [1.29, 1.82) is 0 Å². The Hall–Kier alpha value is -2.18. The number of aromatic nitrogens is 1. The molecule has 0 spiro atoms. The van der Waals surface area contributed by atoms with Gasteiger partial charge in [-0.1, -0.05) is 29.0 Å². The zero-order chi connectivity index (χ0) is 18.1. The van der Waals surface area contributed by atoms with Crippen LogP contribution in [0.1, 0.15) is 0 Å². The van der Waals surface area contributed by atoms with E-state index < -0.39 is 0 Å². The molecule has 136 valence electrons. The molecule has 1 saturated heterocycles. The van der Waals surface area contributed by atoms with E-state index in [1.165, 1.54) is 5.69 Å². The Morgan fingerprint density at radius 1 is 0.962 bits per heavy atom. The highest BCUT2D eigenvalue weighted by Gasteiger charge is 2.22. The molecular weight excluding hydrogens is 370 g/mol. The van der Waals surface area contributed by atoms with Crippen molar-refractivity contribution in [2.45, 2.75) is 0 Å². The number of benzene rings is 2. The molecule has 0 amide bonds. The highest BCUT2D eigenvalue weighted by molar-refractivity contribution is 7.22. The highest BCUT2D eigenvalue weighted by atomic mass is 35.5. The third-order valence-corrected chi connectivity index (χ3v) is 5.99. The van der Waals surface area contributed by atoms with Crippen molar-refractivity contribution in [3.63, 3.8) is 0 Å². The van der Waals surface area contributed by atoms with Gasteiger partial charge in [0.25, 0.3) is 0 Å². The molecule has 0 unspecified atom stereocenters. The summed E-state index contributed by atoms with van der Waals surface area (Å²) < 4.78 is 12.0. The monoisotopic (exact) mass is 389 g/mol. The van der Waals surface area contributed by atoms with Crippen LogP contribution in [0.2, 0.25) is 5.02 Å². The molecular formula is C19H20ClN3O2S. The summed E-state index contributed by atoms with van der Waals surface area (Å²) in [6.45, 7) is 3.70. The molecule has 2 heterocycles. The summed E-state index contributed by atoms with van der Waals surface area (Å²) in [5, 5.41) is 1.78. The Kier molecular flexibility index (Phi) is 4.78. The highest BCUT2D eigenvalue weighted by Crippen LogP contribution is 2.40. The number of thiazole rings is 1. The second-order valence-corrected chi connectivity index (χ2v) is 7.51. The molecule has 2 aromatic carbocycles. The number of hydrogen-bond acceptors (Lipinski definition) is 6. The number of anilines is 2. The van der Waals surface area contributed by atoms with Gasteiger partial charge in [0.2, 0.25) is 0 Å². The summed E-state index contributed by atoms with van der Waals surface area (Å²) in [6.07, 6.45) is 0. The molecule has 0 N–H and O–H groups in total. The molecule has 1 aromatic heterocycles. The number of nitrogens with zero attached hydrogens (tertiary/aromatic N) is 3. The number of ether oxygens (including phenoxy) is 2. The Labute approximate surface area is 161 Å². The van der Waals surface area contributed by atoms with Gasteiger partial charge in [0, 0.05) is 36.9 Å². The van der Waals surface area contributed by atoms with Gasteiger partial charge in [-0.25, -0.2) is 4.98 Å². The molecule has 7 heteroatoms. The van der Waals surface area contributed by atoms with Crippen LogP contribution in [0.5, 0.6) is 11.5 Å². The molecule has 0 aliphatic carbocycles. The first-order chi connectivity index (χ1) is 12.7. The van der Waals surface area contributed by atoms with E-state index in [9.17, 15) is 0 Å². The first kappa shape index (κ1) is 17.2. The van der Waals surface area contributed by atoms with E-state index in [2.05, 4.69) is 15.9 Å². The summed E-state index contributed by atoms with van der Waals surface area (Å²) in [4.78, 5) is 9.51. The van der Waals surface area contributed by atoms with Gasteiger partial charge in [-0.2, -0.15) is 0 Å². The van der Waals surface area contributed by atoms with Crippen molar-refractivity contribution in [1.82, 2.24) is 4.98 Å². The molecule has 0 radical (unpaired) electrons. The van der Waals surface area contributed by atoms with E-state index in [-0.39, 0.29) is 0 Å². The van der Waals surface area contributed by atoms with Gasteiger partial charge in [-0.05, 0) is 30.3 Å². The molecule has 1 aliphatic heterocycles. The SMILES string of the molecule is COc1ccc(OC)c2sc(N3CCN(c4cccc(Cl)c4)CC3)nc12. The fourth-order valence-corrected chi connectivity index (χ4v) is 4.55. The van der Waals surface area contributed by atoms with Crippen LogP contribution in [0.3, 0.4) is 0 Å². The van der Waals surface area contributed by atoms with E-state index in [4.69, 9.17) is 26.1 Å². The van der Waals surface area contributed by atoms with Crippen LogP contribution in [-0.4, -0.2) is 45.4 Å². The van der Waals surface area contributed by atoms with Crippen molar-refractivity contribution in [2.75, 3.05) is 50.2 Å². The second kappa shape index (κ2) is 7.21. The van der Waals surface area contributed by atoms with Crippen LogP contribution in [0.4, 0.5) is 10.8 Å². The van der Waals surface area contributed by atoms with Gasteiger partial charge in [-0.3, -0.25) is 0 Å². The lowest BCUT2D eigenvalue weighted by atomic mass is 10.2. The van der Waals surface area contributed by atoms with Crippen LogP contribution in [0.15, 0.2) is 36.4 Å². The van der Waals surface area contributed by atoms with Gasteiger partial charge in [0.05, 0.1) is 14.2 Å². The Balaban J connectivity index is 1.56. The maximum Gasteiger partial charge on any atom is 0.186 e. The molecule has 26 heavy (non-hydrogen) atoms. The maximum atomic E-state index is 6.12. The van der Waals surface area contributed by atoms with Gasteiger partial charge in [0.1, 0.15) is 21.7 Å². The fraction of sp³-hybridized carbons (Fsp3) is 0.316. The predicted molar refractivity (Wildman–Crippen MR) is 109 cm³/mol. The number of hydrogen-bond donors (Lipinski definition) is 0. The van der Waals surface area contributed by atoms with Crippen LogP contribution in [0.25, 0.3) is 10.2 Å². The Bertz CT molecular complexity index is 881. The molecule has 3 aromatic rings. The van der Waals surface area contributed by atoms with Crippen molar-refractivity contribution in [2.24, 2.45) is 0 Å². The molecule has 0 saturated carbocycles. The standard InChI is InChI=1S/C19H20ClN3O2S/c1-24-15-6-7-16(25-2)18-17(15)21-19(26-18)23-10-8-22(9-11-23)14-5-3-4-13(20)12-14/h3-7,12H,8-11H2,1-2H3. The minimum atomic E-state index is 0.773. The molecule has 0 bridgehead atoms. The molecule has 1 fully saturated rings. The van der Waals surface area contributed by atoms with Crippen molar-refractivity contribution >= 4 is 44.0 Å². The maximum absolute atomic E-state index is 6.12. The molecule has 0 atom stereocenters. The largest absolute Gasteiger partial charge is 0.495 e. The van der Waals surface area contributed by atoms with E-state index in [1.807, 2.05) is 30.3 Å². The lowest BCUT2D eigenvalue weighted by Gasteiger charge is -2.36. The summed E-state index contributed by atoms with van der Waals surface area (Å²) in [5.74, 6) is 1.61. The van der Waals surface area contributed by atoms with Crippen LogP contribution in [0, 0.1) is 0 Å². The Morgan fingerprint density at radius 2 is 1.65 bits per heavy atom. The van der Waals surface area contributed by atoms with Crippen molar-refractivity contribution in [3.8, 4) is 11.5 Å². The summed E-state index contributed by atoms with van der Waals surface area (Å²) in [6, 6.07) is 11.9. The van der Waals surface area contributed by atoms with E-state index >= 15 is 0 Å². The van der Waals surface area contributed by atoms with E-state index in [1.54, 1.807) is 25.6 Å². The molecule has 4 rings (SSSR count). The van der Waals surface area contributed by atoms with Crippen molar-refractivity contribution in [3.05, 3.63) is 41.4 Å². The quantitative estimate of drug-likeness (QED) is 0.665. The van der Waals surface area contributed by atoms with Crippen LogP contribution < -0.4 is 19.3 Å². The van der Waals surface area contributed by atoms with Crippen LogP contribution in [-0.2, 0) is 0 Å². The van der Waals surface area contributed by atoms with Crippen molar-refractivity contribution < 1.29 is 9.47 Å². The fourth-order valence-electron chi connectivity index (χ4n) is 3.24. The van der Waals surface area contributed by atoms with Gasteiger partial charge in [0.15, 0.2) is 5.13 Å². The smallest absolute Gasteiger partial charge is 0.186 e. The molecule has 5 nitrogen and oxygen atoms in total. The summed E-state index contributed by atoms with van der Waals surface area (Å²) in [5.41, 5.74) is 2.04. The first-order valence-corrected chi connectivity index (χ1v) is 9.66. The van der Waals surface area contributed by atoms with Gasteiger partial charge < -0.3 is 19.3 Å². The number of fused-ring (bicyclic) bond motifs is 1. The van der Waals surface area contributed by atoms with Crippen LogP contribution >= 0.6 is 22.9 Å². The van der Waals surface area contributed by atoms with Gasteiger partial charge >= 0.3 is 0 Å². The average Bonchev–Trinajstić information content (AvgIpc) is 3.13. The third-order valence-electron chi connectivity index (χ3n) is 4.62.